The molecule has 4 heteroatoms. The first-order valence-electron chi connectivity index (χ1n) is 6.81. The van der Waals surface area contributed by atoms with Gasteiger partial charge in [0.05, 0.1) is 0 Å². The Bertz CT molecular complexity index is 588. The van der Waals surface area contributed by atoms with Crippen molar-refractivity contribution in [3.63, 3.8) is 0 Å². The van der Waals surface area contributed by atoms with Crippen LogP contribution in [0.3, 0.4) is 0 Å². The molecule has 0 bridgehead atoms. The van der Waals surface area contributed by atoms with Gasteiger partial charge < -0.3 is 14.8 Å². The SMILES string of the molecule is Cc1cc(C(C)(O)CNCc2cccnc2C)c(C)o1. The molecular weight excluding hydrogens is 252 g/mol. The van der Waals surface area contributed by atoms with Crippen LogP contribution in [-0.4, -0.2) is 16.6 Å². The van der Waals surface area contributed by atoms with Gasteiger partial charge in [0.15, 0.2) is 0 Å². The van der Waals surface area contributed by atoms with Crippen LogP contribution < -0.4 is 5.32 Å². The van der Waals surface area contributed by atoms with Gasteiger partial charge in [0.25, 0.3) is 0 Å². The molecular formula is C16H22N2O2. The maximum absolute atomic E-state index is 10.6. The number of aromatic nitrogens is 1. The van der Waals surface area contributed by atoms with Gasteiger partial charge in [-0.15, -0.1) is 0 Å². The van der Waals surface area contributed by atoms with Gasteiger partial charge >= 0.3 is 0 Å². The maximum Gasteiger partial charge on any atom is 0.107 e. The molecule has 1 atom stereocenters. The largest absolute Gasteiger partial charge is 0.466 e. The third-order valence-corrected chi connectivity index (χ3v) is 3.52. The number of aryl methyl sites for hydroxylation is 3. The van der Waals surface area contributed by atoms with Gasteiger partial charge in [0.2, 0.25) is 0 Å². The lowest BCUT2D eigenvalue weighted by Crippen LogP contribution is -2.35. The molecule has 0 saturated heterocycles. The first-order valence-corrected chi connectivity index (χ1v) is 6.81. The molecule has 0 fully saturated rings. The molecule has 0 aromatic carbocycles. The average Bonchev–Trinajstić information content (AvgIpc) is 2.72. The number of rotatable bonds is 5. The van der Waals surface area contributed by atoms with E-state index in [0.29, 0.717) is 13.1 Å². The van der Waals surface area contributed by atoms with Crippen molar-refractivity contribution in [2.75, 3.05) is 6.54 Å². The minimum Gasteiger partial charge on any atom is -0.466 e. The van der Waals surface area contributed by atoms with E-state index in [0.717, 1.165) is 28.3 Å². The van der Waals surface area contributed by atoms with Crippen LogP contribution in [0.1, 0.15) is 35.3 Å². The van der Waals surface area contributed by atoms with Gasteiger partial charge in [-0.1, -0.05) is 6.07 Å². The van der Waals surface area contributed by atoms with Crippen LogP contribution in [0.25, 0.3) is 0 Å². The van der Waals surface area contributed by atoms with Crippen LogP contribution in [0.15, 0.2) is 28.8 Å². The number of pyridine rings is 1. The Kier molecular flexibility index (Phi) is 4.26. The van der Waals surface area contributed by atoms with Crippen molar-refractivity contribution in [2.24, 2.45) is 0 Å². The lowest BCUT2D eigenvalue weighted by molar-refractivity contribution is 0.0551. The van der Waals surface area contributed by atoms with Gasteiger partial charge in [-0.05, 0) is 45.4 Å². The van der Waals surface area contributed by atoms with E-state index in [1.54, 1.807) is 13.1 Å². The van der Waals surface area contributed by atoms with Crippen molar-refractivity contribution in [1.82, 2.24) is 10.3 Å². The monoisotopic (exact) mass is 274 g/mol. The summed E-state index contributed by atoms with van der Waals surface area (Å²) in [6.07, 6.45) is 1.78. The zero-order valence-electron chi connectivity index (χ0n) is 12.5. The van der Waals surface area contributed by atoms with Crippen LogP contribution in [0.5, 0.6) is 0 Å². The quantitative estimate of drug-likeness (QED) is 0.880. The molecule has 2 rings (SSSR count). The minimum atomic E-state index is -0.946. The molecule has 0 saturated carbocycles. The number of hydrogen-bond acceptors (Lipinski definition) is 4. The Balaban J connectivity index is 1.99. The molecule has 1 unspecified atom stereocenters. The fourth-order valence-corrected chi connectivity index (χ4v) is 2.41. The summed E-state index contributed by atoms with van der Waals surface area (Å²) in [7, 11) is 0. The zero-order chi connectivity index (χ0) is 14.8. The highest BCUT2D eigenvalue weighted by Gasteiger charge is 2.27. The fraction of sp³-hybridized carbons (Fsp3) is 0.438. The molecule has 2 aromatic rings. The molecule has 0 aliphatic carbocycles. The Hall–Kier alpha value is -1.65. The lowest BCUT2D eigenvalue weighted by atomic mass is 9.96. The fourth-order valence-electron chi connectivity index (χ4n) is 2.41. The van der Waals surface area contributed by atoms with E-state index >= 15 is 0 Å². The first-order chi connectivity index (χ1) is 9.40. The number of furan rings is 1. The molecule has 0 aliphatic rings. The van der Waals surface area contributed by atoms with Crippen molar-refractivity contribution >= 4 is 0 Å². The predicted molar refractivity (Wildman–Crippen MR) is 78.4 cm³/mol. The van der Waals surface area contributed by atoms with E-state index < -0.39 is 5.60 Å². The van der Waals surface area contributed by atoms with Gasteiger partial charge in [0.1, 0.15) is 17.1 Å². The van der Waals surface area contributed by atoms with Gasteiger partial charge in [-0.25, -0.2) is 0 Å². The highest BCUT2D eigenvalue weighted by molar-refractivity contribution is 5.27. The minimum absolute atomic E-state index is 0.459. The molecule has 0 aliphatic heterocycles. The van der Waals surface area contributed by atoms with Crippen molar-refractivity contribution in [3.05, 3.63) is 52.7 Å². The normalized spacial score (nSPS) is 14.2. The van der Waals surface area contributed by atoms with E-state index in [1.165, 1.54) is 0 Å². The highest BCUT2D eigenvalue weighted by Crippen LogP contribution is 2.26. The second-order valence-corrected chi connectivity index (χ2v) is 5.45. The molecule has 2 aromatic heterocycles. The van der Waals surface area contributed by atoms with Crippen molar-refractivity contribution in [1.29, 1.82) is 0 Å². The van der Waals surface area contributed by atoms with Crippen LogP contribution in [-0.2, 0) is 12.1 Å². The molecule has 4 nitrogen and oxygen atoms in total. The second kappa shape index (κ2) is 5.77. The van der Waals surface area contributed by atoms with Crippen molar-refractivity contribution < 1.29 is 9.52 Å². The van der Waals surface area contributed by atoms with Crippen LogP contribution in [0, 0.1) is 20.8 Å². The second-order valence-electron chi connectivity index (χ2n) is 5.45. The lowest BCUT2D eigenvalue weighted by Gasteiger charge is -2.23. The molecule has 2 N–H and O–H groups in total. The molecule has 0 amide bonds. The maximum atomic E-state index is 10.6. The topological polar surface area (TPSA) is 58.3 Å². The van der Waals surface area contributed by atoms with Crippen LogP contribution >= 0.6 is 0 Å². The number of nitrogens with zero attached hydrogens (tertiary/aromatic N) is 1. The molecule has 20 heavy (non-hydrogen) atoms. The highest BCUT2D eigenvalue weighted by atomic mass is 16.3. The van der Waals surface area contributed by atoms with Crippen molar-refractivity contribution in [2.45, 2.75) is 39.8 Å². The summed E-state index contributed by atoms with van der Waals surface area (Å²) in [5.41, 5.74) is 2.04. The van der Waals surface area contributed by atoms with Gasteiger partial charge in [0, 0.05) is 30.5 Å². The van der Waals surface area contributed by atoms with E-state index in [9.17, 15) is 5.11 Å². The average molecular weight is 274 g/mol. The third-order valence-electron chi connectivity index (χ3n) is 3.52. The van der Waals surface area contributed by atoms with Gasteiger partial charge in [-0.3, -0.25) is 4.98 Å². The van der Waals surface area contributed by atoms with Gasteiger partial charge in [-0.2, -0.15) is 0 Å². The van der Waals surface area contributed by atoms with E-state index in [1.807, 2.05) is 39.0 Å². The predicted octanol–water partition coefficient (Wildman–Crippen LogP) is 2.60. The van der Waals surface area contributed by atoms with Crippen LogP contribution in [0.2, 0.25) is 0 Å². The van der Waals surface area contributed by atoms with E-state index in [2.05, 4.69) is 10.3 Å². The zero-order valence-corrected chi connectivity index (χ0v) is 12.5. The molecule has 0 radical (unpaired) electrons. The smallest absolute Gasteiger partial charge is 0.107 e. The summed E-state index contributed by atoms with van der Waals surface area (Å²) in [5.74, 6) is 1.59. The summed E-state index contributed by atoms with van der Waals surface area (Å²) in [6, 6.07) is 5.86. The Morgan fingerprint density at radius 2 is 2.10 bits per heavy atom. The summed E-state index contributed by atoms with van der Waals surface area (Å²) in [5, 5.41) is 13.9. The number of nitrogens with one attached hydrogen (secondary N) is 1. The number of hydrogen-bond donors (Lipinski definition) is 2. The van der Waals surface area contributed by atoms with Crippen molar-refractivity contribution in [3.8, 4) is 0 Å². The Morgan fingerprint density at radius 1 is 1.35 bits per heavy atom. The molecule has 2 heterocycles. The van der Waals surface area contributed by atoms with E-state index in [4.69, 9.17) is 4.42 Å². The van der Waals surface area contributed by atoms with Crippen LogP contribution in [0.4, 0.5) is 0 Å². The summed E-state index contributed by atoms with van der Waals surface area (Å²) in [4.78, 5) is 4.25. The third kappa shape index (κ3) is 3.26. The summed E-state index contributed by atoms with van der Waals surface area (Å²) >= 11 is 0. The summed E-state index contributed by atoms with van der Waals surface area (Å²) < 4.78 is 5.49. The summed E-state index contributed by atoms with van der Waals surface area (Å²) in [6.45, 7) is 8.69. The Morgan fingerprint density at radius 3 is 2.70 bits per heavy atom. The Labute approximate surface area is 119 Å². The van der Waals surface area contributed by atoms with E-state index in [-0.39, 0.29) is 0 Å². The molecule has 0 spiro atoms. The standard InChI is InChI=1S/C16H22N2O2/c1-11-8-15(13(3)20-11)16(4,19)10-17-9-14-6-5-7-18-12(14)2/h5-8,17,19H,9-10H2,1-4H3. The first kappa shape index (κ1) is 14.8. The number of aliphatic hydroxyl groups is 1. The molecule has 108 valence electrons.